The van der Waals surface area contributed by atoms with E-state index in [0.717, 1.165) is 0 Å². The van der Waals surface area contributed by atoms with E-state index in [1.54, 1.807) is 6.21 Å². The van der Waals surface area contributed by atoms with Gasteiger partial charge in [-0.3, -0.25) is 5.01 Å². The highest BCUT2D eigenvalue weighted by atomic mass is 15.5. The third-order valence-electron chi connectivity index (χ3n) is 1.75. The van der Waals surface area contributed by atoms with Crippen molar-refractivity contribution in [2.75, 3.05) is 0 Å². The molecule has 0 aromatic heterocycles. The fourth-order valence-corrected chi connectivity index (χ4v) is 1.04. The van der Waals surface area contributed by atoms with Crippen LogP contribution in [-0.4, -0.2) is 23.3 Å². The highest BCUT2D eigenvalue weighted by molar-refractivity contribution is 5.52. The molecular formula is C8H13N3. The fraction of sp³-hybridized carbons (Fsp3) is 0.750. The van der Waals surface area contributed by atoms with Crippen LogP contribution in [-0.2, 0) is 0 Å². The third-order valence-corrected chi connectivity index (χ3v) is 1.75. The maximum atomic E-state index is 8.64. The fourth-order valence-electron chi connectivity index (χ4n) is 1.04. The summed E-state index contributed by atoms with van der Waals surface area (Å²) in [5.74, 6) is 0. The lowest BCUT2D eigenvalue weighted by atomic mass is 10.3. The zero-order chi connectivity index (χ0) is 8.27. The first-order valence-electron chi connectivity index (χ1n) is 3.96. The quantitative estimate of drug-likeness (QED) is 0.451. The number of hydrogen-bond donors (Lipinski definition) is 0. The molecule has 3 nitrogen and oxygen atoms in total. The Hall–Kier alpha value is -1.04. The van der Waals surface area contributed by atoms with E-state index in [2.05, 4.69) is 11.2 Å². The van der Waals surface area contributed by atoms with Crippen LogP contribution < -0.4 is 0 Å². The number of nitriles is 1. The predicted molar refractivity (Wildman–Crippen MR) is 44.1 cm³/mol. The van der Waals surface area contributed by atoms with Crippen LogP contribution in [0.4, 0.5) is 0 Å². The van der Waals surface area contributed by atoms with Crippen LogP contribution in [0, 0.1) is 11.3 Å². The first-order valence-corrected chi connectivity index (χ1v) is 3.96. The Balaban J connectivity index is 2.52. The Morgan fingerprint density at radius 1 is 1.73 bits per heavy atom. The molecule has 0 N–H and O–H groups in total. The molecule has 0 saturated heterocycles. The van der Waals surface area contributed by atoms with Gasteiger partial charge in [0.25, 0.3) is 0 Å². The molecule has 0 aromatic carbocycles. The van der Waals surface area contributed by atoms with Crippen molar-refractivity contribution in [2.24, 2.45) is 5.10 Å². The van der Waals surface area contributed by atoms with Gasteiger partial charge in [0.1, 0.15) is 6.04 Å². The van der Waals surface area contributed by atoms with E-state index >= 15 is 0 Å². The Labute approximate surface area is 67.3 Å². The van der Waals surface area contributed by atoms with Gasteiger partial charge in [0.05, 0.1) is 6.07 Å². The van der Waals surface area contributed by atoms with Crippen molar-refractivity contribution >= 4 is 6.21 Å². The lowest BCUT2D eigenvalue weighted by Gasteiger charge is -2.19. The molecule has 3 heteroatoms. The van der Waals surface area contributed by atoms with Crippen LogP contribution in [0.2, 0.25) is 0 Å². The molecule has 0 aromatic rings. The molecule has 1 unspecified atom stereocenters. The summed E-state index contributed by atoms with van der Waals surface area (Å²) in [6.45, 7) is 3.75. The zero-order valence-corrected chi connectivity index (χ0v) is 6.99. The molecule has 60 valence electrons. The molecule has 1 aliphatic carbocycles. The Morgan fingerprint density at radius 2 is 2.36 bits per heavy atom. The van der Waals surface area contributed by atoms with Crippen molar-refractivity contribution in [3.63, 3.8) is 0 Å². The molecule has 0 radical (unpaired) electrons. The van der Waals surface area contributed by atoms with Crippen LogP contribution in [0.5, 0.6) is 0 Å². The summed E-state index contributed by atoms with van der Waals surface area (Å²) < 4.78 is 0. The smallest absolute Gasteiger partial charge is 0.131 e. The van der Waals surface area contributed by atoms with Crippen LogP contribution in [0.3, 0.4) is 0 Å². The van der Waals surface area contributed by atoms with Gasteiger partial charge in [-0.05, 0) is 26.7 Å². The Morgan fingerprint density at radius 3 is 2.73 bits per heavy atom. The van der Waals surface area contributed by atoms with Gasteiger partial charge in [-0.1, -0.05) is 0 Å². The number of hydrogen-bond acceptors (Lipinski definition) is 3. The van der Waals surface area contributed by atoms with E-state index in [-0.39, 0.29) is 6.04 Å². The van der Waals surface area contributed by atoms with E-state index in [4.69, 9.17) is 5.26 Å². The highest BCUT2D eigenvalue weighted by Crippen LogP contribution is 2.28. The normalized spacial score (nSPS) is 19.7. The van der Waals surface area contributed by atoms with E-state index in [1.807, 2.05) is 18.9 Å². The summed E-state index contributed by atoms with van der Waals surface area (Å²) in [4.78, 5) is 0. The van der Waals surface area contributed by atoms with E-state index in [9.17, 15) is 0 Å². The van der Waals surface area contributed by atoms with Crippen LogP contribution in [0.25, 0.3) is 0 Å². The highest BCUT2D eigenvalue weighted by Gasteiger charge is 2.31. The van der Waals surface area contributed by atoms with Crippen molar-refractivity contribution in [1.82, 2.24) is 5.01 Å². The second-order valence-corrected chi connectivity index (χ2v) is 2.79. The molecule has 1 fully saturated rings. The molecule has 0 aliphatic heterocycles. The van der Waals surface area contributed by atoms with Crippen LogP contribution >= 0.6 is 0 Å². The average molecular weight is 151 g/mol. The average Bonchev–Trinajstić information content (AvgIpc) is 2.81. The Kier molecular flexibility index (Phi) is 2.48. The van der Waals surface area contributed by atoms with Gasteiger partial charge in [-0.25, -0.2) is 0 Å². The van der Waals surface area contributed by atoms with Gasteiger partial charge in [0, 0.05) is 12.3 Å². The van der Waals surface area contributed by atoms with Crippen molar-refractivity contribution in [3.8, 4) is 6.07 Å². The summed E-state index contributed by atoms with van der Waals surface area (Å²) in [6.07, 6.45) is 4.11. The summed E-state index contributed by atoms with van der Waals surface area (Å²) in [5, 5.41) is 14.7. The molecule has 11 heavy (non-hydrogen) atoms. The van der Waals surface area contributed by atoms with Gasteiger partial charge in [-0.15, -0.1) is 0 Å². The minimum absolute atomic E-state index is 0.0845. The second kappa shape index (κ2) is 3.38. The molecule has 1 aliphatic rings. The zero-order valence-electron chi connectivity index (χ0n) is 6.99. The van der Waals surface area contributed by atoms with Gasteiger partial charge in [0.15, 0.2) is 0 Å². The van der Waals surface area contributed by atoms with Crippen molar-refractivity contribution < 1.29 is 0 Å². The first kappa shape index (κ1) is 8.06. The van der Waals surface area contributed by atoms with Crippen LogP contribution in [0.15, 0.2) is 5.10 Å². The molecule has 0 bridgehead atoms. The molecule has 1 saturated carbocycles. The van der Waals surface area contributed by atoms with Gasteiger partial charge in [-0.2, -0.15) is 10.4 Å². The maximum Gasteiger partial charge on any atom is 0.131 e. The molecular weight excluding hydrogens is 138 g/mol. The monoisotopic (exact) mass is 151 g/mol. The lowest BCUT2D eigenvalue weighted by Crippen LogP contribution is -2.28. The van der Waals surface area contributed by atoms with Crippen molar-refractivity contribution in [1.29, 1.82) is 5.26 Å². The summed E-state index contributed by atoms with van der Waals surface area (Å²) >= 11 is 0. The number of rotatable bonds is 3. The summed E-state index contributed by atoms with van der Waals surface area (Å²) in [5.41, 5.74) is 0. The van der Waals surface area contributed by atoms with Gasteiger partial charge >= 0.3 is 0 Å². The SMILES string of the molecule is C/C=N\N(C(C)C#N)C1CC1. The molecule has 1 atom stereocenters. The minimum atomic E-state index is -0.0845. The van der Waals surface area contributed by atoms with Gasteiger partial charge in [0.2, 0.25) is 0 Å². The first-order chi connectivity index (χ1) is 5.29. The second-order valence-electron chi connectivity index (χ2n) is 2.79. The maximum absolute atomic E-state index is 8.64. The predicted octanol–water partition coefficient (Wildman–Crippen LogP) is 1.37. The van der Waals surface area contributed by atoms with Gasteiger partial charge < -0.3 is 0 Å². The Bertz CT molecular complexity index is 188. The molecule has 0 spiro atoms. The third kappa shape index (κ3) is 1.94. The molecule has 0 amide bonds. The largest absolute Gasteiger partial charge is 0.277 e. The van der Waals surface area contributed by atoms with Crippen LogP contribution in [0.1, 0.15) is 26.7 Å². The van der Waals surface area contributed by atoms with E-state index in [0.29, 0.717) is 6.04 Å². The number of nitrogens with zero attached hydrogens (tertiary/aromatic N) is 3. The summed E-state index contributed by atoms with van der Waals surface area (Å²) in [6, 6.07) is 2.63. The molecule has 0 heterocycles. The topological polar surface area (TPSA) is 39.4 Å². The molecule has 1 rings (SSSR count). The van der Waals surface area contributed by atoms with Crippen molar-refractivity contribution in [2.45, 2.75) is 38.8 Å². The standard InChI is InChI=1S/C8H13N3/c1-3-10-11(7(2)6-9)8-4-5-8/h3,7-8H,4-5H2,1-2H3/b10-3-. The number of hydrazone groups is 1. The lowest BCUT2D eigenvalue weighted by molar-refractivity contribution is 0.248. The van der Waals surface area contributed by atoms with Crippen molar-refractivity contribution in [3.05, 3.63) is 0 Å². The minimum Gasteiger partial charge on any atom is -0.277 e. The summed E-state index contributed by atoms with van der Waals surface area (Å²) in [7, 11) is 0. The van der Waals surface area contributed by atoms with E-state index < -0.39 is 0 Å². The van der Waals surface area contributed by atoms with E-state index in [1.165, 1.54) is 12.8 Å².